The van der Waals surface area contributed by atoms with Crippen molar-refractivity contribution >= 4 is 0 Å². The highest BCUT2D eigenvalue weighted by atomic mass is 19.4. The molecule has 0 bridgehead atoms. The molecule has 2 aromatic carbocycles. The number of nitrogens with zero attached hydrogens (tertiary/aromatic N) is 1. The Morgan fingerprint density at radius 3 is 2.67 bits per heavy atom. The van der Waals surface area contributed by atoms with Crippen LogP contribution in [0, 0.1) is 11.7 Å². The van der Waals surface area contributed by atoms with Crippen LogP contribution in [-0.2, 0) is 19.2 Å². The maximum absolute atomic E-state index is 14.5. The van der Waals surface area contributed by atoms with Crippen LogP contribution in [0.15, 0.2) is 48.7 Å². The van der Waals surface area contributed by atoms with Crippen LogP contribution in [0.3, 0.4) is 0 Å². The summed E-state index contributed by atoms with van der Waals surface area (Å²) in [7, 11) is 0. The van der Waals surface area contributed by atoms with Gasteiger partial charge in [0.2, 0.25) is 5.88 Å². The van der Waals surface area contributed by atoms with Crippen molar-refractivity contribution in [2.24, 2.45) is 5.92 Å². The summed E-state index contributed by atoms with van der Waals surface area (Å²) in [6.45, 7) is -0.0208. The van der Waals surface area contributed by atoms with E-state index < -0.39 is 23.2 Å². The third-order valence-corrected chi connectivity index (χ3v) is 7.50. The van der Waals surface area contributed by atoms with Crippen molar-refractivity contribution in [2.45, 2.75) is 56.4 Å². The molecule has 188 valence electrons. The van der Waals surface area contributed by atoms with Gasteiger partial charge in [-0.15, -0.1) is 0 Å². The molecule has 0 saturated heterocycles. The van der Waals surface area contributed by atoms with Gasteiger partial charge in [0.15, 0.2) is 0 Å². The molecule has 0 spiro atoms. The Morgan fingerprint density at radius 1 is 1.06 bits per heavy atom. The van der Waals surface area contributed by atoms with Crippen LogP contribution in [0.5, 0.6) is 11.6 Å². The first-order valence-electron chi connectivity index (χ1n) is 12.2. The molecule has 36 heavy (non-hydrogen) atoms. The second-order valence-corrected chi connectivity index (χ2v) is 10.2. The van der Waals surface area contributed by atoms with E-state index in [-0.39, 0.29) is 35.7 Å². The van der Waals surface area contributed by atoms with Crippen molar-refractivity contribution in [1.82, 2.24) is 4.98 Å². The molecule has 4 nitrogen and oxygen atoms in total. The Bertz CT molecular complexity index is 1320. The van der Waals surface area contributed by atoms with Gasteiger partial charge < -0.3 is 14.6 Å². The van der Waals surface area contributed by atoms with Crippen molar-refractivity contribution in [1.29, 1.82) is 0 Å². The lowest BCUT2D eigenvalue weighted by atomic mass is 9.97. The minimum atomic E-state index is -4.64. The molecule has 2 atom stereocenters. The predicted octanol–water partition coefficient (Wildman–Crippen LogP) is 6.44. The summed E-state index contributed by atoms with van der Waals surface area (Å²) >= 11 is 0. The van der Waals surface area contributed by atoms with Crippen LogP contribution >= 0.6 is 0 Å². The van der Waals surface area contributed by atoms with Crippen molar-refractivity contribution in [2.75, 3.05) is 6.61 Å². The molecule has 1 aromatic heterocycles. The molecular formula is C28H25F4NO3. The van der Waals surface area contributed by atoms with Crippen LogP contribution in [-0.4, -0.2) is 22.3 Å². The summed E-state index contributed by atoms with van der Waals surface area (Å²) < 4.78 is 67.5. The zero-order chi connectivity index (χ0) is 25.1. The number of halogens is 4. The monoisotopic (exact) mass is 499 g/mol. The first-order chi connectivity index (χ1) is 17.2. The van der Waals surface area contributed by atoms with Crippen LogP contribution in [0.2, 0.25) is 0 Å². The van der Waals surface area contributed by atoms with E-state index in [1.807, 2.05) is 12.3 Å². The maximum Gasteiger partial charge on any atom is 0.417 e. The summed E-state index contributed by atoms with van der Waals surface area (Å²) in [5.74, 6) is 1.21. The highest BCUT2D eigenvalue weighted by Crippen LogP contribution is 2.56. The Kier molecular flexibility index (Phi) is 5.48. The zero-order valence-corrected chi connectivity index (χ0v) is 19.4. The Labute approximate surface area is 205 Å². The Hall–Kier alpha value is -3.13. The van der Waals surface area contributed by atoms with Gasteiger partial charge in [0, 0.05) is 24.2 Å². The van der Waals surface area contributed by atoms with Crippen LogP contribution in [0.25, 0.3) is 11.1 Å². The normalized spacial score (nSPS) is 21.0. The molecule has 0 amide bonds. The lowest BCUT2D eigenvalue weighted by molar-refractivity contribution is -0.137. The first kappa shape index (κ1) is 23.3. The average Bonchev–Trinajstić information content (AvgIpc) is 3.75. The van der Waals surface area contributed by atoms with E-state index in [2.05, 4.69) is 4.98 Å². The maximum atomic E-state index is 14.5. The number of hydrogen-bond acceptors (Lipinski definition) is 4. The molecule has 3 aliphatic rings. The quantitative estimate of drug-likeness (QED) is 0.363. The second kappa shape index (κ2) is 8.47. The van der Waals surface area contributed by atoms with E-state index in [9.17, 15) is 22.7 Å². The third-order valence-electron chi connectivity index (χ3n) is 7.50. The summed E-state index contributed by atoms with van der Waals surface area (Å²) in [6.07, 6.45) is 1.14. The van der Waals surface area contributed by atoms with Gasteiger partial charge in [0.1, 0.15) is 18.2 Å². The molecule has 8 heteroatoms. The molecule has 1 heterocycles. The molecule has 1 N–H and O–H groups in total. The van der Waals surface area contributed by atoms with Gasteiger partial charge in [-0.1, -0.05) is 12.1 Å². The van der Waals surface area contributed by atoms with Gasteiger partial charge >= 0.3 is 6.18 Å². The SMILES string of the molecule is OC1(CCOc2ccc(-c3ccc(F)c(COc4cc5c(cn4)C4CC4C5)c3)c(C(F)(F)F)c2)CC1. The summed E-state index contributed by atoms with van der Waals surface area (Å²) in [6, 6.07) is 9.47. The number of aliphatic hydroxyl groups is 1. The highest BCUT2D eigenvalue weighted by molar-refractivity contribution is 5.70. The van der Waals surface area contributed by atoms with E-state index in [1.165, 1.54) is 41.8 Å². The zero-order valence-electron chi connectivity index (χ0n) is 19.4. The molecule has 2 fully saturated rings. The fraction of sp³-hybridized carbons (Fsp3) is 0.393. The van der Waals surface area contributed by atoms with Gasteiger partial charge in [0.25, 0.3) is 0 Å². The number of alkyl halides is 3. The van der Waals surface area contributed by atoms with E-state index in [4.69, 9.17) is 9.47 Å². The van der Waals surface area contributed by atoms with Gasteiger partial charge in [-0.3, -0.25) is 0 Å². The fourth-order valence-corrected chi connectivity index (χ4v) is 5.07. The number of aromatic nitrogens is 1. The summed E-state index contributed by atoms with van der Waals surface area (Å²) in [5, 5.41) is 9.90. The molecule has 2 saturated carbocycles. The Balaban J connectivity index is 1.21. The topological polar surface area (TPSA) is 51.6 Å². The van der Waals surface area contributed by atoms with Crippen molar-refractivity contribution < 1.29 is 32.1 Å². The number of pyridine rings is 1. The standard InChI is InChI=1S/C28H25F4NO3/c29-25-4-1-16(9-19(25)15-36-26-12-18-10-17-11-22(17)23(18)14-33-26)21-3-2-20(13-24(21)28(30,31)32)35-8-7-27(34)5-6-27/h1-4,9,12-14,17,22,34H,5-8,10-11,15H2. The number of benzene rings is 2. The van der Waals surface area contributed by atoms with Gasteiger partial charge in [-0.2, -0.15) is 13.2 Å². The molecule has 3 aromatic rings. The lowest BCUT2D eigenvalue weighted by Crippen LogP contribution is -2.13. The summed E-state index contributed by atoms with van der Waals surface area (Å²) in [4.78, 5) is 4.33. The number of rotatable bonds is 8. The Morgan fingerprint density at radius 2 is 1.89 bits per heavy atom. The first-order valence-corrected chi connectivity index (χ1v) is 12.2. The fourth-order valence-electron chi connectivity index (χ4n) is 5.07. The van der Waals surface area contributed by atoms with E-state index >= 15 is 0 Å². The molecule has 0 aliphatic heterocycles. The van der Waals surface area contributed by atoms with E-state index in [0.717, 1.165) is 18.6 Å². The smallest absolute Gasteiger partial charge is 0.417 e. The van der Waals surface area contributed by atoms with Gasteiger partial charge in [-0.25, -0.2) is 9.37 Å². The predicted molar refractivity (Wildman–Crippen MR) is 124 cm³/mol. The highest BCUT2D eigenvalue weighted by Gasteiger charge is 2.45. The molecule has 3 aliphatic carbocycles. The number of hydrogen-bond donors (Lipinski definition) is 1. The van der Waals surface area contributed by atoms with Crippen molar-refractivity contribution in [3.05, 3.63) is 76.7 Å². The van der Waals surface area contributed by atoms with Crippen molar-refractivity contribution in [3.8, 4) is 22.8 Å². The van der Waals surface area contributed by atoms with E-state index in [1.54, 1.807) is 0 Å². The number of ether oxygens (including phenoxy) is 2. The van der Waals surface area contributed by atoms with Gasteiger partial charge in [-0.05, 0) is 84.0 Å². The van der Waals surface area contributed by atoms with Crippen molar-refractivity contribution in [3.63, 3.8) is 0 Å². The molecule has 0 radical (unpaired) electrons. The number of fused-ring (bicyclic) bond motifs is 3. The lowest BCUT2D eigenvalue weighted by Gasteiger charge is -2.17. The molecule has 6 rings (SSSR count). The summed E-state index contributed by atoms with van der Waals surface area (Å²) in [5.41, 5.74) is 1.14. The van der Waals surface area contributed by atoms with Crippen LogP contribution < -0.4 is 9.47 Å². The minimum Gasteiger partial charge on any atom is -0.493 e. The largest absolute Gasteiger partial charge is 0.493 e. The van der Waals surface area contributed by atoms with Gasteiger partial charge in [0.05, 0.1) is 17.8 Å². The van der Waals surface area contributed by atoms with E-state index in [0.29, 0.717) is 37.0 Å². The third kappa shape index (κ3) is 4.66. The van der Waals surface area contributed by atoms with Crippen LogP contribution in [0.4, 0.5) is 17.6 Å². The second-order valence-electron chi connectivity index (χ2n) is 10.2. The average molecular weight is 500 g/mol. The molecular weight excluding hydrogens is 474 g/mol. The molecule has 2 unspecified atom stereocenters. The van der Waals surface area contributed by atoms with Crippen LogP contribution in [0.1, 0.15) is 53.9 Å². The minimum absolute atomic E-state index is 0.0707.